The third kappa shape index (κ3) is 3.47. The van der Waals surface area contributed by atoms with Gasteiger partial charge in [-0.05, 0) is 37.6 Å². The molecule has 0 radical (unpaired) electrons. The number of benzene rings is 1. The molecule has 3 aromatic rings. The lowest BCUT2D eigenvalue weighted by atomic mass is 10.0. The maximum atomic E-state index is 12.0. The van der Waals surface area contributed by atoms with Crippen LogP contribution in [0.3, 0.4) is 0 Å². The highest BCUT2D eigenvalue weighted by Gasteiger charge is 2.12. The predicted molar refractivity (Wildman–Crippen MR) is 93.7 cm³/mol. The highest BCUT2D eigenvalue weighted by molar-refractivity contribution is 5.95. The van der Waals surface area contributed by atoms with Crippen LogP contribution in [0.2, 0.25) is 0 Å². The van der Waals surface area contributed by atoms with E-state index in [0.717, 1.165) is 11.3 Å². The van der Waals surface area contributed by atoms with Crippen LogP contribution in [0.25, 0.3) is 11.3 Å². The van der Waals surface area contributed by atoms with Crippen LogP contribution in [-0.2, 0) is 6.54 Å². The van der Waals surface area contributed by atoms with Gasteiger partial charge in [-0.15, -0.1) is 0 Å². The smallest absolute Gasteiger partial charge is 0.348 e. The molecule has 0 saturated carbocycles. The summed E-state index contributed by atoms with van der Waals surface area (Å²) in [6.07, 6.45) is 1.65. The molecular formula is C19H17N3O3. The second-order valence-corrected chi connectivity index (χ2v) is 5.81. The Labute approximate surface area is 144 Å². The zero-order chi connectivity index (χ0) is 18.0. The summed E-state index contributed by atoms with van der Waals surface area (Å²) in [4.78, 5) is 31.7. The molecule has 0 fully saturated rings. The second kappa shape index (κ2) is 6.68. The van der Waals surface area contributed by atoms with Gasteiger partial charge in [0.05, 0.1) is 17.8 Å². The van der Waals surface area contributed by atoms with Crippen molar-refractivity contribution in [1.29, 1.82) is 0 Å². The van der Waals surface area contributed by atoms with Crippen molar-refractivity contribution in [3.63, 3.8) is 0 Å². The fourth-order valence-corrected chi connectivity index (χ4v) is 2.72. The normalized spacial score (nSPS) is 10.6. The molecule has 0 spiro atoms. The maximum absolute atomic E-state index is 12.0. The van der Waals surface area contributed by atoms with Gasteiger partial charge in [-0.3, -0.25) is 9.55 Å². The molecule has 2 heterocycles. The molecule has 1 aromatic carbocycles. The van der Waals surface area contributed by atoms with E-state index >= 15 is 0 Å². The quantitative estimate of drug-likeness (QED) is 0.792. The van der Waals surface area contributed by atoms with Crippen molar-refractivity contribution in [1.82, 2.24) is 14.5 Å². The molecule has 3 rings (SSSR count). The SMILES string of the molecule is Cc1cc(C)n(Cc2ccc(-c3ccccc3C(=O)O)nc2)c(=O)n1. The number of pyridine rings is 1. The van der Waals surface area contributed by atoms with Crippen LogP contribution in [0.1, 0.15) is 27.3 Å². The zero-order valence-corrected chi connectivity index (χ0v) is 13.9. The van der Waals surface area contributed by atoms with E-state index in [1.807, 2.05) is 19.1 Å². The molecule has 0 aliphatic rings. The van der Waals surface area contributed by atoms with E-state index in [0.29, 0.717) is 23.5 Å². The Balaban J connectivity index is 1.92. The molecule has 0 amide bonds. The van der Waals surface area contributed by atoms with Crippen molar-refractivity contribution in [2.45, 2.75) is 20.4 Å². The van der Waals surface area contributed by atoms with Gasteiger partial charge in [-0.25, -0.2) is 9.59 Å². The molecule has 0 saturated heterocycles. The number of aromatic carboxylic acids is 1. The van der Waals surface area contributed by atoms with Crippen molar-refractivity contribution < 1.29 is 9.90 Å². The number of nitrogens with zero attached hydrogens (tertiary/aromatic N) is 3. The first kappa shape index (κ1) is 16.6. The van der Waals surface area contributed by atoms with E-state index in [-0.39, 0.29) is 11.3 Å². The molecule has 0 atom stereocenters. The molecule has 0 unspecified atom stereocenters. The molecule has 6 nitrogen and oxygen atoms in total. The van der Waals surface area contributed by atoms with E-state index in [2.05, 4.69) is 9.97 Å². The minimum atomic E-state index is -0.991. The molecule has 0 bridgehead atoms. The molecular weight excluding hydrogens is 318 g/mol. The first-order valence-corrected chi connectivity index (χ1v) is 7.78. The van der Waals surface area contributed by atoms with Crippen LogP contribution < -0.4 is 5.69 Å². The summed E-state index contributed by atoms with van der Waals surface area (Å²) in [6, 6.07) is 12.2. The average Bonchev–Trinajstić information content (AvgIpc) is 2.58. The summed E-state index contributed by atoms with van der Waals surface area (Å²) in [6.45, 7) is 4.02. The lowest BCUT2D eigenvalue weighted by Gasteiger charge is -2.10. The Morgan fingerprint density at radius 1 is 1.16 bits per heavy atom. The largest absolute Gasteiger partial charge is 0.478 e. The first-order valence-electron chi connectivity index (χ1n) is 7.78. The third-order valence-corrected chi connectivity index (χ3v) is 3.95. The minimum Gasteiger partial charge on any atom is -0.478 e. The van der Waals surface area contributed by atoms with E-state index in [9.17, 15) is 14.7 Å². The van der Waals surface area contributed by atoms with Gasteiger partial charge >= 0.3 is 11.7 Å². The Kier molecular flexibility index (Phi) is 4.43. The van der Waals surface area contributed by atoms with Gasteiger partial charge in [-0.2, -0.15) is 4.98 Å². The van der Waals surface area contributed by atoms with Crippen LogP contribution in [0.5, 0.6) is 0 Å². The molecule has 0 aliphatic heterocycles. The summed E-state index contributed by atoms with van der Waals surface area (Å²) >= 11 is 0. The van der Waals surface area contributed by atoms with Crippen LogP contribution in [0, 0.1) is 13.8 Å². The lowest BCUT2D eigenvalue weighted by molar-refractivity contribution is 0.0697. The van der Waals surface area contributed by atoms with Gasteiger partial charge < -0.3 is 5.11 Å². The molecule has 1 N–H and O–H groups in total. The Hall–Kier alpha value is -3.28. The average molecular weight is 335 g/mol. The van der Waals surface area contributed by atoms with E-state index in [1.54, 1.807) is 48.0 Å². The van der Waals surface area contributed by atoms with Crippen molar-refractivity contribution >= 4 is 5.97 Å². The van der Waals surface area contributed by atoms with E-state index < -0.39 is 5.97 Å². The van der Waals surface area contributed by atoms with Gasteiger partial charge in [0.25, 0.3) is 0 Å². The monoisotopic (exact) mass is 335 g/mol. The molecule has 126 valence electrons. The van der Waals surface area contributed by atoms with Crippen LogP contribution in [0.4, 0.5) is 0 Å². The highest BCUT2D eigenvalue weighted by atomic mass is 16.4. The van der Waals surface area contributed by atoms with Crippen molar-refractivity contribution in [3.8, 4) is 11.3 Å². The van der Waals surface area contributed by atoms with Crippen molar-refractivity contribution in [2.75, 3.05) is 0 Å². The number of carboxylic acids is 1. The summed E-state index contributed by atoms with van der Waals surface area (Å²) in [5.74, 6) is -0.991. The molecule has 0 aliphatic carbocycles. The number of rotatable bonds is 4. The minimum absolute atomic E-state index is 0.206. The summed E-state index contributed by atoms with van der Waals surface area (Å²) in [5.41, 5.74) is 3.41. The Morgan fingerprint density at radius 2 is 1.92 bits per heavy atom. The standard InChI is InChI=1S/C19H17N3O3/c1-12-9-13(2)22(19(25)21-12)11-14-7-8-17(20-10-14)15-5-3-4-6-16(15)18(23)24/h3-10H,11H2,1-2H3,(H,23,24). The number of aryl methyl sites for hydroxylation is 2. The number of hydrogen-bond donors (Lipinski definition) is 1. The molecule has 2 aromatic heterocycles. The third-order valence-electron chi connectivity index (χ3n) is 3.95. The number of hydrogen-bond acceptors (Lipinski definition) is 4. The van der Waals surface area contributed by atoms with E-state index in [1.165, 1.54) is 0 Å². The van der Waals surface area contributed by atoms with Crippen LogP contribution in [-0.4, -0.2) is 25.6 Å². The van der Waals surface area contributed by atoms with E-state index in [4.69, 9.17) is 0 Å². The van der Waals surface area contributed by atoms with Crippen molar-refractivity contribution in [3.05, 3.63) is 81.7 Å². The van der Waals surface area contributed by atoms with Crippen LogP contribution in [0.15, 0.2) is 53.5 Å². The van der Waals surface area contributed by atoms with Gasteiger partial charge in [0.1, 0.15) is 0 Å². The number of aromatic nitrogens is 3. The maximum Gasteiger partial charge on any atom is 0.348 e. The van der Waals surface area contributed by atoms with Crippen molar-refractivity contribution in [2.24, 2.45) is 0 Å². The fraction of sp³-hybridized carbons (Fsp3) is 0.158. The topological polar surface area (TPSA) is 85.1 Å². The first-order chi connectivity index (χ1) is 12.0. The number of carboxylic acid groups (broad SMARTS) is 1. The predicted octanol–water partition coefficient (Wildman–Crippen LogP) is 2.67. The van der Waals surface area contributed by atoms with Gasteiger partial charge in [0.2, 0.25) is 0 Å². The summed E-state index contributed by atoms with van der Waals surface area (Å²) in [7, 11) is 0. The van der Waals surface area contributed by atoms with Gasteiger partial charge in [0, 0.05) is 23.1 Å². The van der Waals surface area contributed by atoms with Gasteiger partial charge in [-0.1, -0.05) is 24.3 Å². The molecule has 25 heavy (non-hydrogen) atoms. The highest BCUT2D eigenvalue weighted by Crippen LogP contribution is 2.22. The van der Waals surface area contributed by atoms with Crippen LogP contribution >= 0.6 is 0 Å². The summed E-state index contributed by atoms with van der Waals surface area (Å²) in [5, 5.41) is 9.29. The number of carbonyl (C=O) groups is 1. The zero-order valence-electron chi connectivity index (χ0n) is 13.9. The second-order valence-electron chi connectivity index (χ2n) is 5.81. The fourth-order valence-electron chi connectivity index (χ4n) is 2.72. The Morgan fingerprint density at radius 3 is 2.56 bits per heavy atom. The lowest BCUT2D eigenvalue weighted by Crippen LogP contribution is -2.26. The Bertz CT molecular complexity index is 992. The van der Waals surface area contributed by atoms with Gasteiger partial charge in [0.15, 0.2) is 0 Å². The molecule has 6 heteroatoms. The summed E-state index contributed by atoms with van der Waals surface area (Å²) < 4.78 is 1.58.